The van der Waals surface area contributed by atoms with Crippen LogP contribution in [0.15, 0.2) is 78.2 Å². The summed E-state index contributed by atoms with van der Waals surface area (Å²) in [5, 5.41) is 7.25. The summed E-state index contributed by atoms with van der Waals surface area (Å²) in [6.07, 6.45) is 4.83. The summed E-state index contributed by atoms with van der Waals surface area (Å²) in [4.78, 5) is 8.14. The third-order valence-electron chi connectivity index (χ3n) is 4.31. The van der Waals surface area contributed by atoms with Crippen LogP contribution in [0.2, 0.25) is 0 Å². The van der Waals surface area contributed by atoms with Crippen LogP contribution in [-0.2, 0) is 10.0 Å². The van der Waals surface area contributed by atoms with E-state index in [4.69, 9.17) is 4.74 Å². The van der Waals surface area contributed by atoms with Gasteiger partial charge in [-0.25, -0.2) is 27.5 Å². The topological polar surface area (TPSA) is 111 Å². The molecule has 0 aliphatic rings. The molecule has 2 heterocycles. The maximum atomic E-state index is 14.0. The van der Waals surface area contributed by atoms with Crippen molar-refractivity contribution in [3.8, 4) is 11.6 Å². The zero-order valence-electron chi connectivity index (χ0n) is 16.9. The third kappa shape index (κ3) is 4.83. The Labute approximate surface area is 184 Å². The van der Waals surface area contributed by atoms with Crippen molar-refractivity contribution in [2.75, 3.05) is 16.6 Å². The summed E-state index contributed by atoms with van der Waals surface area (Å²) in [6, 6.07) is 13.6. The van der Waals surface area contributed by atoms with Gasteiger partial charge in [0.05, 0.1) is 11.5 Å². The number of hydrogen-bond donors (Lipinski definition) is 2. The van der Waals surface area contributed by atoms with Crippen molar-refractivity contribution in [1.82, 2.24) is 19.7 Å². The van der Waals surface area contributed by atoms with Gasteiger partial charge in [-0.3, -0.25) is 4.72 Å². The molecule has 0 saturated carbocycles. The number of hydrogen-bond acceptors (Lipinski definition) is 7. The first-order valence-electron chi connectivity index (χ1n) is 9.59. The Hall–Kier alpha value is -3.99. The van der Waals surface area contributed by atoms with Gasteiger partial charge in [-0.05, 0) is 55.5 Å². The van der Waals surface area contributed by atoms with Gasteiger partial charge in [-0.2, -0.15) is 5.10 Å². The predicted octanol–water partition coefficient (Wildman–Crippen LogP) is 3.74. The van der Waals surface area contributed by atoms with E-state index in [9.17, 15) is 12.8 Å². The Morgan fingerprint density at radius 2 is 1.84 bits per heavy atom. The largest absolute Gasteiger partial charge is 0.491 e. The lowest BCUT2D eigenvalue weighted by Gasteiger charge is -2.11. The number of anilines is 3. The monoisotopic (exact) mass is 454 g/mol. The molecule has 0 saturated heterocycles. The summed E-state index contributed by atoms with van der Waals surface area (Å²) in [5.74, 6) is 0.402. The molecule has 0 fully saturated rings. The molecule has 2 N–H and O–H groups in total. The average molecular weight is 454 g/mol. The lowest BCUT2D eigenvalue weighted by molar-refractivity contribution is 0.321. The van der Waals surface area contributed by atoms with Gasteiger partial charge < -0.3 is 10.1 Å². The van der Waals surface area contributed by atoms with E-state index in [2.05, 4.69) is 25.1 Å². The normalized spacial score (nSPS) is 11.2. The molecule has 2 aromatic heterocycles. The number of nitrogens with one attached hydrogen (secondary N) is 2. The number of aromatic nitrogens is 4. The van der Waals surface area contributed by atoms with E-state index in [1.165, 1.54) is 18.5 Å². The minimum absolute atomic E-state index is 0.00214. The second-order valence-electron chi connectivity index (χ2n) is 6.55. The zero-order chi connectivity index (χ0) is 22.6. The molecule has 0 amide bonds. The summed E-state index contributed by atoms with van der Waals surface area (Å²) in [7, 11) is -3.97. The minimum Gasteiger partial charge on any atom is -0.491 e. The molecular formula is C21H19FN6O3S. The fourth-order valence-electron chi connectivity index (χ4n) is 2.85. The number of benzene rings is 2. The Morgan fingerprint density at radius 1 is 1.06 bits per heavy atom. The maximum Gasteiger partial charge on any atom is 0.262 e. The van der Waals surface area contributed by atoms with E-state index in [0.29, 0.717) is 23.0 Å². The molecular weight excluding hydrogens is 435 g/mol. The quantitative estimate of drug-likeness (QED) is 0.417. The van der Waals surface area contributed by atoms with Crippen molar-refractivity contribution >= 4 is 27.2 Å². The van der Waals surface area contributed by atoms with E-state index in [0.717, 1.165) is 6.07 Å². The standard InChI is InChI=1S/C21H19FN6O3S/c1-2-31-19-9-8-17(12-18(19)22)32(29,30)27-16-6-4-15(5-7-16)26-20-13-21(24-14-23-20)28-11-3-10-25-28/h3-14,27H,2H2,1H3,(H,23,24,26). The van der Waals surface area contributed by atoms with Gasteiger partial charge >= 0.3 is 0 Å². The van der Waals surface area contributed by atoms with Crippen molar-refractivity contribution in [3.05, 3.63) is 79.1 Å². The number of rotatable bonds is 8. The van der Waals surface area contributed by atoms with Crippen LogP contribution in [0.1, 0.15) is 6.92 Å². The van der Waals surface area contributed by atoms with Crippen molar-refractivity contribution < 1.29 is 17.5 Å². The Morgan fingerprint density at radius 3 is 2.53 bits per heavy atom. The van der Waals surface area contributed by atoms with Gasteiger partial charge in [0.25, 0.3) is 10.0 Å². The van der Waals surface area contributed by atoms with E-state index in [1.54, 1.807) is 60.4 Å². The summed E-state index contributed by atoms with van der Waals surface area (Å²) < 4.78 is 48.4. The molecule has 0 bridgehead atoms. The van der Waals surface area contributed by atoms with Crippen LogP contribution in [-0.4, -0.2) is 34.8 Å². The van der Waals surface area contributed by atoms with Crippen LogP contribution in [0.3, 0.4) is 0 Å². The van der Waals surface area contributed by atoms with Gasteiger partial charge in [0.2, 0.25) is 0 Å². The maximum absolute atomic E-state index is 14.0. The van der Waals surface area contributed by atoms with Crippen LogP contribution >= 0.6 is 0 Å². The highest BCUT2D eigenvalue weighted by atomic mass is 32.2. The van der Waals surface area contributed by atoms with Crippen molar-refractivity contribution in [2.24, 2.45) is 0 Å². The number of ether oxygens (including phenoxy) is 1. The number of nitrogens with zero attached hydrogens (tertiary/aromatic N) is 4. The first-order chi connectivity index (χ1) is 15.4. The SMILES string of the molecule is CCOc1ccc(S(=O)(=O)Nc2ccc(Nc3cc(-n4cccn4)ncn3)cc2)cc1F. The molecule has 0 radical (unpaired) electrons. The molecule has 4 rings (SSSR count). The van der Waals surface area contributed by atoms with Crippen LogP contribution in [0, 0.1) is 5.82 Å². The molecule has 32 heavy (non-hydrogen) atoms. The van der Waals surface area contributed by atoms with Crippen molar-refractivity contribution in [1.29, 1.82) is 0 Å². The van der Waals surface area contributed by atoms with E-state index >= 15 is 0 Å². The molecule has 9 nitrogen and oxygen atoms in total. The first kappa shape index (κ1) is 21.2. The molecule has 11 heteroatoms. The molecule has 0 aliphatic carbocycles. The highest BCUT2D eigenvalue weighted by Crippen LogP contribution is 2.24. The summed E-state index contributed by atoms with van der Waals surface area (Å²) in [5.41, 5.74) is 1.01. The van der Waals surface area contributed by atoms with E-state index in [-0.39, 0.29) is 17.3 Å². The average Bonchev–Trinajstić information content (AvgIpc) is 3.32. The Balaban J connectivity index is 1.46. The van der Waals surface area contributed by atoms with Gasteiger partial charge in [0.1, 0.15) is 12.1 Å². The molecule has 4 aromatic rings. The highest BCUT2D eigenvalue weighted by molar-refractivity contribution is 7.92. The number of sulfonamides is 1. The molecule has 0 spiro atoms. The lowest BCUT2D eigenvalue weighted by atomic mass is 10.3. The van der Waals surface area contributed by atoms with Crippen molar-refractivity contribution in [2.45, 2.75) is 11.8 Å². The molecule has 164 valence electrons. The molecule has 2 aromatic carbocycles. The number of halogens is 1. The molecule has 0 aliphatic heterocycles. The minimum atomic E-state index is -3.97. The van der Waals surface area contributed by atoms with Gasteiger partial charge in [-0.1, -0.05) is 0 Å². The second kappa shape index (κ2) is 9.02. The first-order valence-corrected chi connectivity index (χ1v) is 11.1. The third-order valence-corrected chi connectivity index (χ3v) is 5.69. The van der Waals surface area contributed by atoms with Crippen molar-refractivity contribution in [3.63, 3.8) is 0 Å². The molecule has 0 atom stereocenters. The van der Waals surface area contributed by atoms with Gasteiger partial charge in [0, 0.05) is 29.8 Å². The Bertz CT molecular complexity index is 1310. The second-order valence-corrected chi connectivity index (χ2v) is 8.23. The van der Waals surface area contributed by atoms with Gasteiger partial charge in [0.15, 0.2) is 17.4 Å². The predicted molar refractivity (Wildman–Crippen MR) is 117 cm³/mol. The Kier molecular flexibility index (Phi) is 5.99. The highest BCUT2D eigenvalue weighted by Gasteiger charge is 2.17. The fraction of sp³-hybridized carbons (Fsp3) is 0.0952. The lowest BCUT2D eigenvalue weighted by Crippen LogP contribution is -2.13. The smallest absolute Gasteiger partial charge is 0.262 e. The summed E-state index contributed by atoms with van der Waals surface area (Å²) in [6.45, 7) is 1.99. The van der Waals surface area contributed by atoms with Gasteiger partial charge in [-0.15, -0.1) is 0 Å². The molecule has 0 unspecified atom stereocenters. The van der Waals surface area contributed by atoms with Crippen LogP contribution in [0.4, 0.5) is 21.6 Å². The summed E-state index contributed by atoms with van der Waals surface area (Å²) >= 11 is 0. The van der Waals surface area contributed by atoms with E-state index in [1.807, 2.05) is 0 Å². The van der Waals surface area contributed by atoms with Crippen LogP contribution in [0.25, 0.3) is 5.82 Å². The van der Waals surface area contributed by atoms with Crippen LogP contribution in [0.5, 0.6) is 5.75 Å². The van der Waals surface area contributed by atoms with Crippen LogP contribution < -0.4 is 14.8 Å². The zero-order valence-corrected chi connectivity index (χ0v) is 17.8. The fourth-order valence-corrected chi connectivity index (χ4v) is 3.92. The van der Waals surface area contributed by atoms with E-state index < -0.39 is 15.8 Å².